The van der Waals surface area contributed by atoms with Crippen molar-refractivity contribution in [3.05, 3.63) is 0 Å². The van der Waals surface area contributed by atoms with Crippen molar-refractivity contribution in [2.24, 2.45) is 11.8 Å². The lowest BCUT2D eigenvalue weighted by Crippen LogP contribution is -2.29. The third-order valence-corrected chi connectivity index (χ3v) is 4.04. The minimum Gasteiger partial charge on any atom is -0.381 e. The fourth-order valence-corrected chi connectivity index (χ4v) is 3.00. The zero-order valence-corrected chi connectivity index (χ0v) is 10.8. The first-order chi connectivity index (χ1) is 8.75. The van der Waals surface area contributed by atoms with Crippen LogP contribution in [0, 0.1) is 11.8 Å². The highest BCUT2D eigenvalue weighted by Gasteiger charge is 2.30. The average Bonchev–Trinajstić information content (AvgIpc) is 2.84. The van der Waals surface area contributed by atoms with Gasteiger partial charge in [-0.05, 0) is 37.6 Å². The molecule has 2 saturated heterocycles. The van der Waals surface area contributed by atoms with E-state index in [4.69, 9.17) is 9.47 Å². The van der Waals surface area contributed by atoms with Gasteiger partial charge < -0.3 is 14.4 Å². The Labute approximate surface area is 107 Å². The lowest BCUT2D eigenvalue weighted by Gasteiger charge is -2.27. The Morgan fingerprint density at radius 1 is 1.17 bits per heavy atom. The van der Waals surface area contributed by atoms with Gasteiger partial charge in [0.15, 0.2) is 0 Å². The second-order valence-corrected chi connectivity index (χ2v) is 5.27. The van der Waals surface area contributed by atoms with Crippen molar-refractivity contribution in [2.45, 2.75) is 25.7 Å². The van der Waals surface area contributed by atoms with E-state index in [1.807, 2.05) is 0 Å². The van der Waals surface area contributed by atoms with Gasteiger partial charge >= 0.3 is 0 Å². The number of likely N-dealkylation sites (tertiary alicyclic amines) is 1. The monoisotopic (exact) mass is 263 g/mol. The van der Waals surface area contributed by atoms with E-state index in [-0.39, 0.29) is 0 Å². The summed E-state index contributed by atoms with van der Waals surface area (Å²) in [5.41, 5.74) is 0. The van der Waals surface area contributed by atoms with E-state index in [1.54, 1.807) is 0 Å². The first-order valence-electron chi connectivity index (χ1n) is 6.91. The molecular weight excluding hydrogens is 240 g/mol. The van der Waals surface area contributed by atoms with Gasteiger partial charge in [-0.2, -0.15) is 0 Å². The van der Waals surface area contributed by atoms with Crippen molar-refractivity contribution in [1.29, 1.82) is 0 Å². The highest BCUT2D eigenvalue weighted by Crippen LogP contribution is 2.30. The van der Waals surface area contributed by atoms with E-state index in [1.165, 1.54) is 19.3 Å². The van der Waals surface area contributed by atoms with Crippen LogP contribution in [-0.2, 0) is 9.47 Å². The summed E-state index contributed by atoms with van der Waals surface area (Å²) in [6, 6.07) is 0. The second-order valence-electron chi connectivity index (χ2n) is 5.27. The zero-order chi connectivity index (χ0) is 12.8. The molecule has 3 nitrogen and oxygen atoms in total. The predicted octanol–water partition coefficient (Wildman–Crippen LogP) is 2.02. The fraction of sp³-hybridized carbons (Fsp3) is 1.00. The Kier molecular flexibility index (Phi) is 5.79. The number of alkyl halides is 2. The zero-order valence-electron chi connectivity index (χ0n) is 10.8. The topological polar surface area (TPSA) is 21.7 Å². The lowest BCUT2D eigenvalue weighted by atomic mass is 9.85. The van der Waals surface area contributed by atoms with E-state index in [9.17, 15) is 8.78 Å². The molecule has 1 atom stereocenters. The van der Waals surface area contributed by atoms with Gasteiger partial charge in [-0.1, -0.05) is 0 Å². The maximum absolute atomic E-state index is 11.9. The van der Waals surface area contributed by atoms with Crippen LogP contribution in [0.25, 0.3) is 0 Å². The minimum absolute atomic E-state index is 0.421. The normalized spacial score (nSPS) is 27.2. The third-order valence-electron chi connectivity index (χ3n) is 4.04. The molecule has 18 heavy (non-hydrogen) atoms. The summed E-state index contributed by atoms with van der Waals surface area (Å²) in [6.07, 6.45) is 1.25. The van der Waals surface area contributed by atoms with Crippen molar-refractivity contribution < 1.29 is 18.3 Å². The van der Waals surface area contributed by atoms with Gasteiger partial charge in [0, 0.05) is 26.3 Å². The van der Waals surface area contributed by atoms with Crippen molar-refractivity contribution >= 4 is 0 Å². The molecule has 5 heteroatoms. The number of halogens is 2. The summed E-state index contributed by atoms with van der Waals surface area (Å²) >= 11 is 0. The summed E-state index contributed by atoms with van der Waals surface area (Å²) in [5, 5.41) is 0. The molecule has 0 bridgehead atoms. The molecule has 2 aliphatic heterocycles. The van der Waals surface area contributed by atoms with Gasteiger partial charge in [0.2, 0.25) is 0 Å². The molecule has 0 aromatic carbocycles. The first kappa shape index (κ1) is 14.2. The average molecular weight is 263 g/mol. The number of hydrogen-bond acceptors (Lipinski definition) is 3. The van der Waals surface area contributed by atoms with Crippen molar-refractivity contribution in [1.82, 2.24) is 4.90 Å². The SMILES string of the molecule is FC(F)COCCN1CC[C@@H](C2CCOCC2)C1. The molecule has 0 radical (unpaired) electrons. The molecule has 0 spiro atoms. The van der Waals surface area contributed by atoms with Crippen LogP contribution in [0.5, 0.6) is 0 Å². The van der Waals surface area contributed by atoms with Crippen LogP contribution >= 0.6 is 0 Å². The van der Waals surface area contributed by atoms with E-state index in [2.05, 4.69) is 4.90 Å². The molecule has 0 aromatic heterocycles. The summed E-state index contributed by atoms with van der Waals surface area (Å²) < 4.78 is 34.1. The number of ether oxygens (including phenoxy) is 2. The highest BCUT2D eigenvalue weighted by atomic mass is 19.3. The van der Waals surface area contributed by atoms with Crippen LogP contribution in [-0.4, -0.2) is 57.4 Å². The van der Waals surface area contributed by atoms with E-state index in [0.29, 0.717) is 6.61 Å². The molecule has 0 unspecified atom stereocenters. The number of rotatable bonds is 6. The van der Waals surface area contributed by atoms with Crippen molar-refractivity contribution in [3.63, 3.8) is 0 Å². The minimum atomic E-state index is -2.35. The van der Waals surface area contributed by atoms with Crippen molar-refractivity contribution in [3.8, 4) is 0 Å². The van der Waals surface area contributed by atoms with Crippen LogP contribution in [0.15, 0.2) is 0 Å². The van der Waals surface area contributed by atoms with Gasteiger partial charge in [-0.3, -0.25) is 0 Å². The van der Waals surface area contributed by atoms with Crippen LogP contribution in [0.3, 0.4) is 0 Å². The van der Waals surface area contributed by atoms with E-state index in [0.717, 1.165) is 44.7 Å². The summed E-state index contributed by atoms with van der Waals surface area (Å²) in [5.74, 6) is 1.56. The second kappa shape index (κ2) is 7.36. The first-order valence-corrected chi connectivity index (χ1v) is 6.91. The molecule has 0 aliphatic carbocycles. The highest BCUT2D eigenvalue weighted by molar-refractivity contribution is 4.82. The molecule has 2 aliphatic rings. The molecule has 0 amide bonds. The Morgan fingerprint density at radius 3 is 2.67 bits per heavy atom. The molecule has 0 aromatic rings. The van der Waals surface area contributed by atoms with Gasteiger partial charge in [-0.15, -0.1) is 0 Å². The van der Waals surface area contributed by atoms with Crippen LogP contribution in [0.2, 0.25) is 0 Å². The lowest BCUT2D eigenvalue weighted by molar-refractivity contribution is 0.0104. The van der Waals surface area contributed by atoms with E-state index >= 15 is 0 Å². The molecule has 2 heterocycles. The summed E-state index contributed by atoms with van der Waals surface area (Å²) in [6.45, 7) is 4.76. The Morgan fingerprint density at radius 2 is 1.94 bits per heavy atom. The van der Waals surface area contributed by atoms with Gasteiger partial charge in [-0.25, -0.2) is 8.78 Å². The summed E-state index contributed by atoms with van der Waals surface area (Å²) in [7, 11) is 0. The van der Waals surface area contributed by atoms with Gasteiger partial charge in [0.05, 0.1) is 6.61 Å². The molecule has 2 rings (SSSR count). The fourth-order valence-electron chi connectivity index (χ4n) is 3.00. The molecular formula is C13H23F2NO2. The van der Waals surface area contributed by atoms with E-state index < -0.39 is 13.0 Å². The Balaban J connectivity index is 1.59. The van der Waals surface area contributed by atoms with Crippen LogP contribution in [0.1, 0.15) is 19.3 Å². The molecule has 0 saturated carbocycles. The van der Waals surface area contributed by atoms with Crippen molar-refractivity contribution in [2.75, 3.05) is 46.1 Å². The van der Waals surface area contributed by atoms with Gasteiger partial charge in [0.1, 0.15) is 6.61 Å². The quantitative estimate of drug-likeness (QED) is 0.684. The number of nitrogens with zero attached hydrogens (tertiary/aromatic N) is 1. The standard InChI is InChI=1S/C13H23F2NO2/c14-13(15)10-18-8-5-16-4-1-12(9-16)11-2-6-17-7-3-11/h11-13H,1-10H2/t12-/m1/s1. The van der Waals surface area contributed by atoms with Crippen LogP contribution < -0.4 is 0 Å². The molecule has 2 fully saturated rings. The summed E-state index contributed by atoms with van der Waals surface area (Å²) in [4.78, 5) is 2.34. The number of hydrogen-bond donors (Lipinski definition) is 0. The maximum atomic E-state index is 11.9. The smallest absolute Gasteiger partial charge is 0.261 e. The molecule has 0 N–H and O–H groups in total. The van der Waals surface area contributed by atoms with Crippen LogP contribution in [0.4, 0.5) is 8.78 Å². The Hall–Kier alpha value is -0.260. The molecule has 106 valence electrons. The predicted molar refractivity (Wildman–Crippen MR) is 64.9 cm³/mol. The third kappa shape index (κ3) is 4.44. The maximum Gasteiger partial charge on any atom is 0.261 e. The van der Waals surface area contributed by atoms with Gasteiger partial charge in [0.25, 0.3) is 6.43 Å². The Bertz CT molecular complexity index is 235. The largest absolute Gasteiger partial charge is 0.381 e.